The molecule has 2 saturated heterocycles. The summed E-state index contributed by atoms with van der Waals surface area (Å²) in [6.07, 6.45) is 4.54. The number of fused-ring (bicyclic) bond motifs is 1. The minimum absolute atomic E-state index is 0.901. The molecule has 4 rings (SSSR count). The molecule has 0 bridgehead atoms. The zero-order valence-corrected chi connectivity index (χ0v) is 14.4. The number of aromatic nitrogens is 2. The molecule has 5 nitrogen and oxygen atoms in total. The number of pyridine rings is 1. The standard InChI is InChI=1S/C17H25N5S/c1-2-15-17(19-5-1)23-16(20-15)13-22-10-8-21(9-11-22)12-14-3-6-18-7-4-14/h1-2,5,14,18H,3-4,6-13H2. The highest BCUT2D eigenvalue weighted by molar-refractivity contribution is 7.18. The molecule has 2 aromatic heterocycles. The van der Waals surface area contributed by atoms with Crippen LogP contribution in [0.5, 0.6) is 0 Å². The molecule has 0 saturated carbocycles. The van der Waals surface area contributed by atoms with Gasteiger partial charge in [0, 0.05) is 38.9 Å². The second-order valence-electron chi connectivity index (χ2n) is 6.71. The van der Waals surface area contributed by atoms with Gasteiger partial charge in [0.1, 0.15) is 15.4 Å². The smallest absolute Gasteiger partial charge is 0.143 e. The molecule has 0 spiro atoms. The monoisotopic (exact) mass is 331 g/mol. The molecule has 0 aliphatic carbocycles. The van der Waals surface area contributed by atoms with Crippen LogP contribution in [0.1, 0.15) is 17.8 Å². The summed E-state index contributed by atoms with van der Waals surface area (Å²) in [5.41, 5.74) is 1.04. The Bertz CT molecular complexity index is 596. The van der Waals surface area contributed by atoms with Crippen molar-refractivity contribution in [2.24, 2.45) is 5.92 Å². The van der Waals surface area contributed by atoms with Gasteiger partial charge in [-0.2, -0.15) is 0 Å². The SMILES string of the molecule is c1cnc2sc(CN3CCN(CC4CCNCC4)CC3)nc2c1. The van der Waals surface area contributed by atoms with Gasteiger partial charge in [-0.3, -0.25) is 4.90 Å². The summed E-state index contributed by atoms with van der Waals surface area (Å²) in [5, 5.41) is 4.66. The van der Waals surface area contributed by atoms with Crippen LogP contribution < -0.4 is 5.32 Å². The van der Waals surface area contributed by atoms with Crippen molar-refractivity contribution in [2.75, 3.05) is 45.8 Å². The van der Waals surface area contributed by atoms with E-state index in [0.29, 0.717) is 0 Å². The maximum Gasteiger partial charge on any atom is 0.143 e. The number of hydrogen-bond donors (Lipinski definition) is 1. The minimum atomic E-state index is 0.901. The van der Waals surface area contributed by atoms with Crippen molar-refractivity contribution >= 4 is 21.7 Å². The summed E-state index contributed by atoms with van der Waals surface area (Å²) < 4.78 is 0. The van der Waals surface area contributed by atoms with Crippen LogP contribution in [-0.2, 0) is 6.54 Å². The Kier molecular flexibility index (Phi) is 4.85. The summed E-state index contributed by atoms with van der Waals surface area (Å²) in [7, 11) is 0. The summed E-state index contributed by atoms with van der Waals surface area (Å²) >= 11 is 1.74. The average molecular weight is 331 g/mol. The number of thiazole rings is 1. The molecule has 2 aliphatic heterocycles. The number of piperidine rings is 1. The molecule has 2 fully saturated rings. The highest BCUT2D eigenvalue weighted by Crippen LogP contribution is 2.21. The van der Waals surface area contributed by atoms with Crippen molar-refractivity contribution in [1.82, 2.24) is 25.1 Å². The second kappa shape index (κ2) is 7.21. The Morgan fingerprint density at radius 3 is 2.70 bits per heavy atom. The van der Waals surface area contributed by atoms with Gasteiger partial charge in [-0.05, 0) is 44.0 Å². The van der Waals surface area contributed by atoms with Gasteiger partial charge in [0.05, 0.1) is 6.54 Å². The predicted molar refractivity (Wildman–Crippen MR) is 94.7 cm³/mol. The summed E-state index contributed by atoms with van der Waals surface area (Å²) in [6, 6.07) is 4.02. The molecule has 0 radical (unpaired) electrons. The van der Waals surface area contributed by atoms with Crippen molar-refractivity contribution in [3.63, 3.8) is 0 Å². The normalized spacial score (nSPS) is 21.9. The first-order valence-corrected chi connectivity index (χ1v) is 9.54. The molecule has 0 unspecified atom stereocenters. The molecule has 6 heteroatoms. The molecule has 0 aromatic carbocycles. The van der Waals surface area contributed by atoms with Gasteiger partial charge < -0.3 is 10.2 Å². The lowest BCUT2D eigenvalue weighted by molar-refractivity contribution is 0.107. The van der Waals surface area contributed by atoms with Crippen LogP contribution in [0.15, 0.2) is 18.3 Å². The summed E-state index contributed by atoms with van der Waals surface area (Å²) in [6.45, 7) is 9.40. The van der Waals surface area contributed by atoms with E-state index in [1.165, 1.54) is 50.6 Å². The molecule has 124 valence electrons. The summed E-state index contributed by atoms with van der Waals surface area (Å²) in [5.74, 6) is 0.901. The van der Waals surface area contributed by atoms with Crippen molar-refractivity contribution in [1.29, 1.82) is 0 Å². The number of nitrogens with zero attached hydrogens (tertiary/aromatic N) is 4. The van der Waals surface area contributed by atoms with E-state index in [4.69, 9.17) is 4.98 Å². The third-order valence-corrected chi connectivity index (χ3v) is 5.97. The number of rotatable bonds is 4. The fourth-order valence-electron chi connectivity index (χ4n) is 3.63. The van der Waals surface area contributed by atoms with Crippen molar-refractivity contribution in [3.05, 3.63) is 23.3 Å². The van der Waals surface area contributed by atoms with Gasteiger partial charge in [0.15, 0.2) is 0 Å². The van der Waals surface area contributed by atoms with E-state index < -0.39 is 0 Å². The maximum absolute atomic E-state index is 4.71. The van der Waals surface area contributed by atoms with Crippen LogP contribution in [0.4, 0.5) is 0 Å². The molecule has 1 N–H and O–H groups in total. The van der Waals surface area contributed by atoms with E-state index in [1.807, 2.05) is 12.3 Å². The van der Waals surface area contributed by atoms with Crippen LogP contribution in [0, 0.1) is 5.92 Å². The maximum atomic E-state index is 4.71. The van der Waals surface area contributed by atoms with Crippen LogP contribution in [-0.4, -0.2) is 65.6 Å². The van der Waals surface area contributed by atoms with E-state index in [2.05, 4.69) is 26.2 Å². The van der Waals surface area contributed by atoms with Gasteiger partial charge in [-0.15, -0.1) is 0 Å². The Labute approximate surface area is 141 Å². The summed E-state index contributed by atoms with van der Waals surface area (Å²) in [4.78, 5) is 15.4. The number of piperazine rings is 1. The fourth-order valence-corrected chi connectivity index (χ4v) is 4.58. The first-order chi connectivity index (χ1) is 11.4. The third-order valence-electron chi connectivity index (χ3n) is 5.01. The molecular formula is C17H25N5S. The molecule has 23 heavy (non-hydrogen) atoms. The lowest BCUT2D eigenvalue weighted by atomic mass is 9.97. The van der Waals surface area contributed by atoms with E-state index >= 15 is 0 Å². The third kappa shape index (κ3) is 3.88. The Hall–Kier alpha value is -1.08. The second-order valence-corrected chi connectivity index (χ2v) is 7.77. The van der Waals surface area contributed by atoms with E-state index in [-0.39, 0.29) is 0 Å². The molecule has 2 aliphatic rings. The minimum Gasteiger partial charge on any atom is -0.317 e. The highest BCUT2D eigenvalue weighted by atomic mass is 32.1. The van der Waals surface area contributed by atoms with E-state index in [0.717, 1.165) is 35.9 Å². The first-order valence-electron chi connectivity index (χ1n) is 8.73. The molecule has 0 amide bonds. The Morgan fingerprint density at radius 1 is 1.13 bits per heavy atom. The van der Waals surface area contributed by atoms with E-state index in [9.17, 15) is 0 Å². The van der Waals surface area contributed by atoms with Crippen LogP contribution in [0.3, 0.4) is 0 Å². The quantitative estimate of drug-likeness (QED) is 0.926. The van der Waals surface area contributed by atoms with Gasteiger partial charge in [0.2, 0.25) is 0 Å². The highest BCUT2D eigenvalue weighted by Gasteiger charge is 2.22. The molecule has 0 atom stereocenters. The van der Waals surface area contributed by atoms with Crippen LogP contribution >= 0.6 is 11.3 Å². The lowest BCUT2D eigenvalue weighted by Crippen LogP contribution is -2.48. The number of nitrogens with one attached hydrogen (secondary N) is 1. The van der Waals surface area contributed by atoms with Gasteiger partial charge >= 0.3 is 0 Å². The van der Waals surface area contributed by atoms with Crippen molar-refractivity contribution in [3.8, 4) is 0 Å². The van der Waals surface area contributed by atoms with Gasteiger partial charge in [0.25, 0.3) is 0 Å². The van der Waals surface area contributed by atoms with Gasteiger partial charge in [-0.1, -0.05) is 11.3 Å². The van der Waals surface area contributed by atoms with Gasteiger partial charge in [-0.25, -0.2) is 9.97 Å². The molecule has 2 aromatic rings. The number of hydrogen-bond acceptors (Lipinski definition) is 6. The fraction of sp³-hybridized carbons (Fsp3) is 0.647. The largest absolute Gasteiger partial charge is 0.317 e. The van der Waals surface area contributed by atoms with E-state index in [1.54, 1.807) is 11.3 Å². The van der Waals surface area contributed by atoms with Crippen molar-refractivity contribution < 1.29 is 0 Å². The predicted octanol–water partition coefficient (Wildman–Crippen LogP) is 1.81. The zero-order chi connectivity index (χ0) is 15.5. The topological polar surface area (TPSA) is 44.3 Å². The van der Waals surface area contributed by atoms with Crippen LogP contribution in [0.25, 0.3) is 10.3 Å². The zero-order valence-electron chi connectivity index (χ0n) is 13.6. The Morgan fingerprint density at radius 2 is 1.91 bits per heavy atom. The molecular weight excluding hydrogens is 306 g/mol. The molecule has 4 heterocycles. The average Bonchev–Trinajstić information content (AvgIpc) is 3.00. The first kappa shape index (κ1) is 15.4. The Balaban J connectivity index is 1.27. The van der Waals surface area contributed by atoms with Crippen LogP contribution in [0.2, 0.25) is 0 Å². The lowest BCUT2D eigenvalue weighted by Gasteiger charge is -2.37. The van der Waals surface area contributed by atoms with Crippen molar-refractivity contribution in [2.45, 2.75) is 19.4 Å².